The third kappa shape index (κ3) is 6.69. The lowest BCUT2D eigenvalue weighted by Gasteiger charge is -2.28. The summed E-state index contributed by atoms with van der Waals surface area (Å²) in [4.78, 5) is 2.38. The van der Waals surface area contributed by atoms with Gasteiger partial charge in [0.05, 0.1) is 0 Å². The maximum absolute atomic E-state index is 4.10. The lowest BCUT2D eigenvalue weighted by atomic mass is 10.0. The van der Waals surface area contributed by atoms with Crippen molar-refractivity contribution in [2.24, 2.45) is 5.92 Å². The number of hydrogen-bond acceptors (Lipinski definition) is 2. The molecule has 0 spiro atoms. The second-order valence-electron chi connectivity index (χ2n) is 4.83. The summed E-state index contributed by atoms with van der Waals surface area (Å²) in [6.07, 6.45) is 1.19. The first-order valence-electron chi connectivity index (χ1n) is 6.06. The van der Waals surface area contributed by atoms with Crippen LogP contribution < -0.4 is 5.32 Å². The fraction of sp³-hybridized carbons (Fsp3) is 0.846. The molecule has 0 bridgehead atoms. The van der Waals surface area contributed by atoms with Crippen LogP contribution in [-0.4, -0.2) is 37.6 Å². The van der Waals surface area contributed by atoms with Crippen molar-refractivity contribution in [3.8, 4) is 0 Å². The van der Waals surface area contributed by atoms with Gasteiger partial charge in [-0.1, -0.05) is 27.4 Å². The summed E-state index contributed by atoms with van der Waals surface area (Å²) in [7, 11) is 2.18. The second-order valence-corrected chi connectivity index (χ2v) is 4.83. The molecule has 0 aliphatic heterocycles. The molecule has 90 valence electrons. The van der Waals surface area contributed by atoms with Crippen LogP contribution in [0.2, 0.25) is 0 Å². The minimum absolute atomic E-state index is 0.618. The van der Waals surface area contributed by atoms with Crippen LogP contribution in [0.3, 0.4) is 0 Å². The van der Waals surface area contributed by atoms with Crippen LogP contribution in [0.15, 0.2) is 12.2 Å². The molecular formula is C13H28N2. The molecule has 0 aliphatic rings. The summed E-state index contributed by atoms with van der Waals surface area (Å²) in [5.41, 5.74) is 1.28. The highest BCUT2D eigenvalue weighted by atomic mass is 15.1. The lowest BCUT2D eigenvalue weighted by Crippen LogP contribution is -2.36. The molecule has 0 radical (unpaired) electrons. The van der Waals surface area contributed by atoms with Crippen LogP contribution in [-0.2, 0) is 0 Å². The molecule has 1 unspecified atom stereocenters. The van der Waals surface area contributed by atoms with Gasteiger partial charge in [-0.3, -0.25) is 4.90 Å². The Labute approximate surface area is 95.7 Å². The zero-order valence-corrected chi connectivity index (χ0v) is 11.1. The predicted octanol–water partition coefficient (Wildman–Crippen LogP) is 2.52. The molecule has 2 nitrogen and oxygen atoms in total. The molecule has 2 heteroatoms. The van der Waals surface area contributed by atoms with Crippen LogP contribution in [0, 0.1) is 5.92 Å². The maximum atomic E-state index is 4.10. The molecule has 15 heavy (non-hydrogen) atoms. The van der Waals surface area contributed by atoms with Gasteiger partial charge in [0, 0.05) is 19.1 Å². The molecule has 0 saturated heterocycles. The van der Waals surface area contributed by atoms with E-state index in [0.29, 0.717) is 12.0 Å². The summed E-state index contributed by atoms with van der Waals surface area (Å²) in [6, 6.07) is 0.618. The SMILES string of the molecule is C=C(CNCCC)CN(C)C(C)C(C)C. The number of nitrogens with zero attached hydrogens (tertiary/aromatic N) is 1. The molecule has 0 saturated carbocycles. The standard InChI is InChI=1S/C13H28N2/c1-7-8-14-9-12(4)10-15(6)13(5)11(2)3/h11,13-14H,4,7-10H2,1-3,5-6H3. The summed E-state index contributed by atoms with van der Waals surface area (Å²) in [6.45, 7) is 16.1. The molecule has 0 rings (SSSR count). The maximum Gasteiger partial charge on any atom is 0.0202 e. The van der Waals surface area contributed by atoms with Crippen molar-refractivity contribution in [2.75, 3.05) is 26.7 Å². The van der Waals surface area contributed by atoms with Gasteiger partial charge in [0.15, 0.2) is 0 Å². The Balaban J connectivity index is 3.75. The first-order valence-corrected chi connectivity index (χ1v) is 6.06. The Kier molecular flexibility index (Phi) is 7.71. The average molecular weight is 212 g/mol. The third-order valence-corrected chi connectivity index (χ3v) is 2.93. The van der Waals surface area contributed by atoms with E-state index >= 15 is 0 Å². The first-order chi connectivity index (χ1) is 6.99. The molecule has 1 atom stereocenters. The summed E-state index contributed by atoms with van der Waals surface area (Å²) in [5, 5.41) is 3.38. The molecule has 0 aliphatic carbocycles. The fourth-order valence-electron chi connectivity index (χ4n) is 1.50. The quantitative estimate of drug-likeness (QED) is 0.491. The summed E-state index contributed by atoms with van der Waals surface area (Å²) >= 11 is 0. The van der Waals surface area contributed by atoms with Gasteiger partial charge in [-0.2, -0.15) is 0 Å². The van der Waals surface area contributed by atoms with E-state index in [2.05, 4.69) is 51.5 Å². The van der Waals surface area contributed by atoms with Gasteiger partial charge >= 0.3 is 0 Å². The van der Waals surface area contributed by atoms with Gasteiger partial charge in [-0.05, 0) is 38.4 Å². The minimum Gasteiger partial charge on any atom is -0.313 e. The number of rotatable bonds is 8. The highest BCUT2D eigenvalue weighted by molar-refractivity contribution is 5.00. The van der Waals surface area contributed by atoms with Crippen molar-refractivity contribution in [3.05, 3.63) is 12.2 Å². The van der Waals surface area contributed by atoms with Crippen LogP contribution in [0.5, 0.6) is 0 Å². The van der Waals surface area contributed by atoms with Crippen molar-refractivity contribution >= 4 is 0 Å². The van der Waals surface area contributed by atoms with Gasteiger partial charge in [0.1, 0.15) is 0 Å². The monoisotopic (exact) mass is 212 g/mol. The van der Waals surface area contributed by atoms with Crippen molar-refractivity contribution in [3.63, 3.8) is 0 Å². The molecule has 0 fully saturated rings. The predicted molar refractivity (Wildman–Crippen MR) is 69.2 cm³/mol. The van der Waals surface area contributed by atoms with E-state index in [1.54, 1.807) is 0 Å². The van der Waals surface area contributed by atoms with Gasteiger partial charge in [0.2, 0.25) is 0 Å². The molecule has 0 aromatic rings. The summed E-state index contributed by atoms with van der Waals surface area (Å²) < 4.78 is 0. The number of hydrogen-bond donors (Lipinski definition) is 1. The van der Waals surface area contributed by atoms with E-state index in [1.165, 1.54) is 12.0 Å². The third-order valence-electron chi connectivity index (χ3n) is 2.93. The number of nitrogens with one attached hydrogen (secondary N) is 1. The molecule has 0 amide bonds. The fourth-order valence-corrected chi connectivity index (χ4v) is 1.50. The van der Waals surface area contributed by atoms with E-state index in [-0.39, 0.29) is 0 Å². The Morgan fingerprint density at radius 2 is 1.93 bits per heavy atom. The van der Waals surface area contributed by atoms with Gasteiger partial charge in [0.25, 0.3) is 0 Å². The smallest absolute Gasteiger partial charge is 0.0202 e. The molecular weight excluding hydrogens is 184 g/mol. The van der Waals surface area contributed by atoms with Crippen molar-refractivity contribution in [1.29, 1.82) is 0 Å². The second kappa shape index (κ2) is 7.89. The highest BCUT2D eigenvalue weighted by Crippen LogP contribution is 2.09. The first kappa shape index (κ1) is 14.7. The van der Waals surface area contributed by atoms with Crippen LogP contribution >= 0.6 is 0 Å². The number of likely N-dealkylation sites (N-methyl/N-ethyl adjacent to an activating group) is 1. The molecule has 0 aromatic carbocycles. The topological polar surface area (TPSA) is 15.3 Å². The van der Waals surface area contributed by atoms with E-state index in [9.17, 15) is 0 Å². The van der Waals surface area contributed by atoms with E-state index in [0.717, 1.165) is 19.6 Å². The Bertz CT molecular complexity index is 175. The van der Waals surface area contributed by atoms with Crippen LogP contribution in [0.25, 0.3) is 0 Å². The highest BCUT2D eigenvalue weighted by Gasteiger charge is 2.13. The molecule has 0 aromatic heterocycles. The summed E-state index contributed by atoms with van der Waals surface area (Å²) in [5.74, 6) is 0.700. The average Bonchev–Trinajstić information content (AvgIpc) is 2.16. The van der Waals surface area contributed by atoms with Gasteiger partial charge < -0.3 is 5.32 Å². The minimum atomic E-state index is 0.618. The van der Waals surface area contributed by atoms with Crippen LogP contribution in [0.4, 0.5) is 0 Å². The van der Waals surface area contributed by atoms with Gasteiger partial charge in [-0.25, -0.2) is 0 Å². The largest absolute Gasteiger partial charge is 0.313 e. The molecule has 1 N–H and O–H groups in total. The zero-order valence-electron chi connectivity index (χ0n) is 11.1. The Morgan fingerprint density at radius 3 is 2.40 bits per heavy atom. The molecule has 0 heterocycles. The van der Waals surface area contributed by atoms with Crippen molar-refractivity contribution in [1.82, 2.24) is 10.2 Å². The Hall–Kier alpha value is -0.340. The van der Waals surface area contributed by atoms with E-state index < -0.39 is 0 Å². The zero-order chi connectivity index (χ0) is 11.8. The van der Waals surface area contributed by atoms with Crippen molar-refractivity contribution < 1.29 is 0 Å². The lowest BCUT2D eigenvalue weighted by molar-refractivity contribution is 0.223. The van der Waals surface area contributed by atoms with E-state index in [4.69, 9.17) is 0 Å². The normalized spacial score (nSPS) is 13.5. The van der Waals surface area contributed by atoms with Crippen LogP contribution in [0.1, 0.15) is 34.1 Å². The Morgan fingerprint density at radius 1 is 1.33 bits per heavy atom. The van der Waals surface area contributed by atoms with E-state index in [1.807, 2.05) is 0 Å². The van der Waals surface area contributed by atoms with Gasteiger partial charge in [-0.15, -0.1) is 0 Å². The van der Waals surface area contributed by atoms with Crippen molar-refractivity contribution in [2.45, 2.75) is 40.2 Å².